The molecule has 0 aliphatic carbocycles. The van der Waals surface area contributed by atoms with Crippen molar-refractivity contribution in [2.45, 2.75) is 39.7 Å². The number of hydrogen-bond acceptors (Lipinski definition) is 5. The van der Waals surface area contributed by atoms with E-state index in [9.17, 15) is 14.9 Å². The van der Waals surface area contributed by atoms with Crippen molar-refractivity contribution in [3.8, 4) is 5.75 Å². The third-order valence-electron chi connectivity index (χ3n) is 2.64. The topological polar surface area (TPSA) is 94.4 Å². The number of aromatic nitrogens is 1. The molecule has 1 atom stereocenters. The van der Waals surface area contributed by atoms with Crippen LogP contribution >= 0.6 is 0 Å². The van der Waals surface area contributed by atoms with Crippen molar-refractivity contribution < 1.29 is 14.5 Å². The van der Waals surface area contributed by atoms with E-state index in [2.05, 4.69) is 10.3 Å². The summed E-state index contributed by atoms with van der Waals surface area (Å²) in [6.07, 6.45) is 1.84. The molecular formula is C13H19N3O4. The highest BCUT2D eigenvalue weighted by atomic mass is 16.6. The van der Waals surface area contributed by atoms with Gasteiger partial charge in [0.05, 0.1) is 0 Å². The standard InChI is InChI=1S/C13H19N3O4/c1-4-5-9(2)14-12(17)8-20-11-7-6-10(3)15-13(11)16(18)19/h6-7,9H,4-5,8H2,1-3H3,(H,14,17)/t9-/m1/s1. The molecule has 7 nitrogen and oxygen atoms in total. The molecule has 0 saturated heterocycles. The Hall–Kier alpha value is -2.18. The minimum Gasteiger partial charge on any atom is -0.476 e. The van der Waals surface area contributed by atoms with Gasteiger partial charge in [-0.2, -0.15) is 0 Å². The first-order chi connectivity index (χ1) is 9.43. The molecule has 1 aromatic heterocycles. The summed E-state index contributed by atoms with van der Waals surface area (Å²) in [5.41, 5.74) is 0.519. The van der Waals surface area contributed by atoms with E-state index in [1.807, 2.05) is 13.8 Å². The van der Waals surface area contributed by atoms with Gasteiger partial charge in [0.1, 0.15) is 5.69 Å². The Morgan fingerprint density at radius 2 is 2.25 bits per heavy atom. The first-order valence-electron chi connectivity index (χ1n) is 6.48. The maximum absolute atomic E-state index is 11.6. The third kappa shape index (κ3) is 4.83. The number of amides is 1. The Balaban J connectivity index is 2.61. The summed E-state index contributed by atoms with van der Waals surface area (Å²) >= 11 is 0. The van der Waals surface area contributed by atoms with Crippen molar-refractivity contribution in [3.63, 3.8) is 0 Å². The lowest BCUT2D eigenvalue weighted by Crippen LogP contribution is -2.36. The van der Waals surface area contributed by atoms with Crippen molar-refractivity contribution in [2.24, 2.45) is 0 Å². The summed E-state index contributed by atoms with van der Waals surface area (Å²) < 4.78 is 5.18. The number of hydrogen-bond donors (Lipinski definition) is 1. The lowest BCUT2D eigenvalue weighted by atomic mass is 10.2. The van der Waals surface area contributed by atoms with Gasteiger partial charge < -0.3 is 20.2 Å². The lowest BCUT2D eigenvalue weighted by Gasteiger charge is -2.13. The van der Waals surface area contributed by atoms with E-state index in [4.69, 9.17) is 4.74 Å². The quantitative estimate of drug-likeness (QED) is 0.609. The van der Waals surface area contributed by atoms with Crippen LogP contribution in [0.5, 0.6) is 5.75 Å². The Morgan fingerprint density at radius 3 is 2.85 bits per heavy atom. The molecule has 1 rings (SSSR count). The second-order valence-corrected chi connectivity index (χ2v) is 4.58. The molecule has 1 N–H and O–H groups in total. The molecule has 110 valence electrons. The average molecular weight is 281 g/mol. The summed E-state index contributed by atoms with van der Waals surface area (Å²) in [5, 5.41) is 13.6. The molecule has 20 heavy (non-hydrogen) atoms. The lowest BCUT2D eigenvalue weighted by molar-refractivity contribution is -0.390. The highest BCUT2D eigenvalue weighted by molar-refractivity contribution is 5.77. The smallest absolute Gasteiger partial charge is 0.406 e. The number of carbonyl (C=O) groups is 1. The Morgan fingerprint density at radius 1 is 1.55 bits per heavy atom. The molecule has 1 amide bonds. The van der Waals surface area contributed by atoms with Crippen LogP contribution in [0.25, 0.3) is 0 Å². The first-order valence-corrected chi connectivity index (χ1v) is 6.48. The van der Waals surface area contributed by atoms with Crippen LogP contribution in [0.3, 0.4) is 0 Å². The van der Waals surface area contributed by atoms with Crippen molar-refractivity contribution in [1.29, 1.82) is 0 Å². The molecule has 7 heteroatoms. The highest BCUT2D eigenvalue weighted by Gasteiger charge is 2.18. The van der Waals surface area contributed by atoms with Gasteiger partial charge in [0, 0.05) is 13.0 Å². The second-order valence-electron chi connectivity index (χ2n) is 4.58. The zero-order chi connectivity index (χ0) is 15.1. The van der Waals surface area contributed by atoms with Gasteiger partial charge in [-0.15, -0.1) is 0 Å². The van der Waals surface area contributed by atoms with Crippen LogP contribution in [0.4, 0.5) is 5.82 Å². The largest absolute Gasteiger partial charge is 0.476 e. The van der Waals surface area contributed by atoms with Gasteiger partial charge >= 0.3 is 5.82 Å². The molecule has 0 radical (unpaired) electrons. The van der Waals surface area contributed by atoms with Crippen LogP contribution in [0, 0.1) is 17.0 Å². The minimum absolute atomic E-state index is 0.00102. The van der Waals surface area contributed by atoms with Gasteiger partial charge in [-0.3, -0.25) is 4.79 Å². The molecule has 0 bridgehead atoms. The number of nitro groups is 1. The van der Waals surface area contributed by atoms with Crippen LogP contribution in [0.1, 0.15) is 32.4 Å². The molecule has 0 aliphatic rings. The SMILES string of the molecule is CCC[C@@H](C)NC(=O)COc1ccc(C)nc1[N+](=O)[O-]. The highest BCUT2D eigenvalue weighted by Crippen LogP contribution is 2.24. The number of rotatable bonds is 7. The van der Waals surface area contributed by atoms with Gasteiger partial charge in [-0.1, -0.05) is 13.3 Å². The molecule has 1 aromatic rings. The average Bonchev–Trinajstić information content (AvgIpc) is 2.37. The van der Waals surface area contributed by atoms with E-state index in [1.54, 1.807) is 13.0 Å². The Labute approximate surface area is 117 Å². The fourth-order valence-corrected chi connectivity index (χ4v) is 1.74. The summed E-state index contributed by atoms with van der Waals surface area (Å²) in [7, 11) is 0. The predicted octanol–water partition coefficient (Wildman–Crippen LogP) is 1.98. The van der Waals surface area contributed by atoms with E-state index in [-0.39, 0.29) is 30.1 Å². The molecule has 0 fully saturated rings. The Kier molecular flexibility index (Phi) is 5.89. The van der Waals surface area contributed by atoms with E-state index >= 15 is 0 Å². The van der Waals surface area contributed by atoms with Crippen molar-refractivity contribution >= 4 is 11.7 Å². The van der Waals surface area contributed by atoms with E-state index < -0.39 is 4.92 Å². The second kappa shape index (κ2) is 7.42. The fourth-order valence-electron chi connectivity index (χ4n) is 1.74. The van der Waals surface area contributed by atoms with Crippen molar-refractivity contribution in [2.75, 3.05) is 6.61 Å². The molecule has 0 aromatic carbocycles. The molecule has 0 spiro atoms. The van der Waals surface area contributed by atoms with Crippen LogP contribution < -0.4 is 10.1 Å². The van der Waals surface area contributed by atoms with Gasteiger partial charge in [-0.25, -0.2) is 0 Å². The molecular weight excluding hydrogens is 262 g/mol. The van der Waals surface area contributed by atoms with Crippen molar-refractivity contribution in [3.05, 3.63) is 27.9 Å². The zero-order valence-electron chi connectivity index (χ0n) is 11.9. The Bertz CT molecular complexity index is 491. The molecule has 1 heterocycles. The monoisotopic (exact) mass is 281 g/mol. The maximum atomic E-state index is 11.6. The van der Waals surface area contributed by atoms with Gasteiger partial charge in [0.15, 0.2) is 6.61 Å². The minimum atomic E-state index is -0.625. The normalized spacial score (nSPS) is 11.8. The predicted molar refractivity (Wildman–Crippen MR) is 73.6 cm³/mol. The van der Waals surface area contributed by atoms with Crippen LogP contribution in [-0.4, -0.2) is 28.5 Å². The number of nitrogens with zero attached hydrogens (tertiary/aromatic N) is 2. The van der Waals surface area contributed by atoms with Crippen molar-refractivity contribution in [1.82, 2.24) is 10.3 Å². The number of nitrogens with one attached hydrogen (secondary N) is 1. The fraction of sp³-hybridized carbons (Fsp3) is 0.538. The summed E-state index contributed by atoms with van der Waals surface area (Å²) in [5.74, 6) is -0.681. The van der Waals surface area contributed by atoms with Gasteiger partial charge in [0.25, 0.3) is 5.91 Å². The third-order valence-corrected chi connectivity index (χ3v) is 2.64. The number of carbonyl (C=O) groups excluding carboxylic acids is 1. The molecule has 0 unspecified atom stereocenters. The van der Waals surface area contributed by atoms with Crippen LogP contribution in [-0.2, 0) is 4.79 Å². The van der Waals surface area contributed by atoms with E-state index in [0.717, 1.165) is 12.8 Å². The summed E-state index contributed by atoms with van der Waals surface area (Å²) in [4.78, 5) is 25.6. The molecule has 0 aliphatic heterocycles. The van der Waals surface area contributed by atoms with E-state index in [0.29, 0.717) is 5.69 Å². The van der Waals surface area contributed by atoms with E-state index in [1.165, 1.54) is 6.07 Å². The number of aryl methyl sites for hydroxylation is 1. The van der Waals surface area contributed by atoms with Crippen LogP contribution in [0.2, 0.25) is 0 Å². The summed E-state index contributed by atoms with van der Waals surface area (Å²) in [6.45, 7) is 5.31. The van der Waals surface area contributed by atoms with Crippen LogP contribution in [0.15, 0.2) is 12.1 Å². The molecule has 0 saturated carbocycles. The zero-order valence-corrected chi connectivity index (χ0v) is 11.9. The summed E-state index contributed by atoms with van der Waals surface area (Å²) in [6, 6.07) is 3.10. The van der Waals surface area contributed by atoms with Gasteiger partial charge in [-0.05, 0) is 35.4 Å². The number of ether oxygens (including phenoxy) is 1. The maximum Gasteiger partial charge on any atom is 0.406 e. The van der Waals surface area contributed by atoms with Gasteiger partial charge in [0.2, 0.25) is 5.75 Å². The first kappa shape index (κ1) is 15.9. The number of pyridine rings is 1.